The Balaban J connectivity index is 1.84. The Labute approximate surface area is 120 Å². The van der Waals surface area contributed by atoms with Crippen LogP contribution in [0, 0.1) is 12.8 Å². The summed E-state index contributed by atoms with van der Waals surface area (Å²) >= 11 is 0. The molecule has 0 aromatic heterocycles. The van der Waals surface area contributed by atoms with Gasteiger partial charge in [0.25, 0.3) is 0 Å². The smallest absolute Gasteiger partial charge is 0.243 e. The molecule has 1 aromatic carbocycles. The summed E-state index contributed by atoms with van der Waals surface area (Å²) in [5, 5.41) is 10.2. The standard InChI is InChI=1S/C15H21NO3S/c1-12-4-2-6-14(10-12)20(18,19)16-9-3-5-13(11-16)15(17)7-8-15/h2,4,6,10,13,17H,3,5,7-9,11H2,1H3. The molecule has 0 radical (unpaired) electrons. The number of aryl methyl sites for hydroxylation is 1. The fourth-order valence-electron chi connectivity index (χ4n) is 3.06. The fourth-order valence-corrected chi connectivity index (χ4v) is 4.69. The molecule has 0 spiro atoms. The van der Waals surface area contributed by atoms with Crippen LogP contribution in [0.5, 0.6) is 0 Å². The fraction of sp³-hybridized carbons (Fsp3) is 0.600. The number of nitrogens with zero attached hydrogens (tertiary/aromatic N) is 1. The van der Waals surface area contributed by atoms with Crippen molar-refractivity contribution in [2.75, 3.05) is 13.1 Å². The molecular weight excluding hydrogens is 274 g/mol. The van der Waals surface area contributed by atoms with Gasteiger partial charge in [0.1, 0.15) is 0 Å². The van der Waals surface area contributed by atoms with Crippen LogP contribution in [0.4, 0.5) is 0 Å². The van der Waals surface area contributed by atoms with Gasteiger partial charge in [-0.3, -0.25) is 0 Å². The first-order valence-electron chi connectivity index (χ1n) is 7.21. The van der Waals surface area contributed by atoms with E-state index in [2.05, 4.69) is 0 Å². The second kappa shape index (κ2) is 4.83. The second-order valence-electron chi connectivity index (χ2n) is 6.12. The molecular formula is C15H21NO3S. The normalized spacial score (nSPS) is 26.4. The lowest BCUT2D eigenvalue weighted by Crippen LogP contribution is -2.44. The van der Waals surface area contributed by atoms with Gasteiger partial charge in [-0.2, -0.15) is 4.31 Å². The highest BCUT2D eigenvalue weighted by atomic mass is 32.2. The molecule has 3 rings (SSSR count). The minimum Gasteiger partial charge on any atom is -0.390 e. The Morgan fingerprint density at radius 2 is 2.10 bits per heavy atom. The third kappa shape index (κ3) is 2.50. The van der Waals surface area contributed by atoms with Gasteiger partial charge < -0.3 is 5.11 Å². The molecule has 4 nitrogen and oxygen atoms in total. The molecule has 1 atom stereocenters. The topological polar surface area (TPSA) is 57.6 Å². The largest absolute Gasteiger partial charge is 0.390 e. The molecule has 110 valence electrons. The number of aliphatic hydroxyl groups is 1. The Morgan fingerprint density at radius 1 is 1.35 bits per heavy atom. The quantitative estimate of drug-likeness (QED) is 0.927. The van der Waals surface area contributed by atoms with Crippen molar-refractivity contribution in [2.45, 2.75) is 43.1 Å². The highest BCUT2D eigenvalue weighted by Crippen LogP contribution is 2.46. The molecule has 1 saturated heterocycles. The van der Waals surface area contributed by atoms with Crippen LogP contribution in [0.1, 0.15) is 31.2 Å². The predicted octanol–water partition coefficient (Wildman–Crippen LogP) is 1.92. The van der Waals surface area contributed by atoms with E-state index in [9.17, 15) is 13.5 Å². The third-order valence-electron chi connectivity index (χ3n) is 4.53. The number of rotatable bonds is 3. The Hall–Kier alpha value is -0.910. The molecule has 20 heavy (non-hydrogen) atoms. The van der Waals surface area contributed by atoms with Crippen molar-refractivity contribution in [2.24, 2.45) is 5.92 Å². The van der Waals surface area contributed by atoms with Crippen molar-refractivity contribution in [3.05, 3.63) is 29.8 Å². The molecule has 1 heterocycles. The molecule has 1 aliphatic carbocycles. The van der Waals surface area contributed by atoms with Gasteiger partial charge in [-0.1, -0.05) is 12.1 Å². The van der Waals surface area contributed by atoms with Crippen molar-refractivity contribution in [1.29, 1.82) is 0 Å². The Morgan fingerprint density at radius 3 is 2.75 bits per heavy atom. The van der Waals surface area contributed by atoms with Gasteiger partial charge in [0.2, 0.25) is 10.0 Å². The van der Waals surface area contributed by atoms with Crippen LogP contribution in [-0.4, -0.2) is 36.5 Å². The minimum atomic E-state index is -3.43. The van der Waals surface area contributed by atoms with E-state index in [4.69, 9.17) is 0 Å². The van der Waals surface area contributed by atoms with E-state index >= 15 is 0 Å². The summed E-state index contributed by atoms with van der Waals surface area (Å²) in [7, 11) is -3.43. The van der Waals surface area contributed by atoms with Crippen LogP contribution >= 0.6 is 0 Å². The number of benzene rings is 1. The van der Waals surface area contributed by atoms with E-state index in [-0.39, 0.29) is 5.92 Å². The zero-order valence-corrected chi connectivity index (χ0v) is 12.6. The molecule has 0 bridgehead atoms. The molecule has 2 fully saturated rings. The second-order valence-corrected chi connectivity index (χ2v) is 8.06. The lowest BCUT2D eigenvalue weighted by Gasteiger charge is -2.34. The summed E-state index contributed by atoms with van der Waals surface area (Å²) in [4.78, 5) is 0.362. The zero-order chi connectivity index (χ0) is 14.4. The van der Waals surface area contributed by atoms with E-state index in [1.165, 1.54) is 0 Å². The first-order chi connectivity index (χ1) is 9.42. The molecule has 1 aliphatic heterocycles. The van der Waals surface area contributed by atoms with Gasteiger partial charge >= 0.3 is 0 Å². The van der Waals surface area contributed by atoms with Gasteiger partial charge in [0.15, 0.2) is 0 Å². The number of hydrogen-bond acceptors (Lipinski definition) is 3. The SMILES string of the molecule is Cc1cccc(S(=O)(=O)N2CCCC(C3(O)CC3)C2)c1. The van der Waals surface area contributed by atoms with Gasteiger partial charge in [-0.15, -0.1) is 0 Å². The van der Waals surface area contributed by atoms with Gasteiger partial charge in [0.05, 0.1) is 10.5 Å². The highest BCUT2D eigenvalue weighted by molar-refractivity contribution is 7.89. The van der Waals surface area contributed by atoms with E-state index in [0.29, 0.717) is 18.0 Å². The van der Waals surface area contributed by atoms with Gasteiger partial charge in [-0.05, 0) is 50.3 Å². The van der Waals surface area contributed by atoms with Crippen molar-refractivity contribution in [3.63, 3.8) is 0 Å². The molecule has 1 aromatic rings. The number of sulfonamides is 1. The number of hydrogen-bond donors (Lipinski definition) is 1. The van der Waals surface area contributed by atoms with Gasteiger partial charge in [-0.25, -0.2) is 8.42 Å². The molecule has 0 amide bonds. The van der Waals surface area contributed by atoms with Crippen LogP contribution in [-0.2, 0) is 10.0 Å². The summed E-state index contributed by atoms with van der Waals surface area (Å²) in [5.74, 6) is 0.0934. The first-order valence-corrected chi connectivity index (χ1v) is 8.65. The maximum Gasteiger partial charge on any atom is 0.243 e. The maximum absolute atomic E-state index is 12.7. The van der Waals surface area contributed by atoms with Gasteiger partial charge in [0, 0.05) is 19.0 Å². The van der Waals surface area contributed by atoms with Crippen LogP contribution in [0.2, 0.25) is 0 Å². The van der Waals surface area contributed by atoms with Crippen LogP contribution in [0.25, 0.3) is 0 Å². The highest BCUT2D eigenvalue weighted by Gasteiger charge is 2.49. The molecule has 5 heteroatoms. The maximum atomic E-state index is 12.7. The number of piperidine rings is 1. The minimum absolute atomic E-state index is 0.0934. The van der Waals surface area contributed by atoms with Crippen molar-refractivity contribution in [1.82, 2.24) is 4.31 Å². The summed E-state index contributed by atoms with van der Waals surface area (Å²) in [5.41, 5.74) is 0.348. The summed E-state index contributed by atoms with van der Waals surface area (Å²) in [6.45, 7) is 2.90. The Bertz CT molecular complexity index is 607. The van der Waals surface area contributed by atoms with E-state index < -0.39 is 15.6 Å². The van der Waals surface area contributed by atoms with Crippen molar-refractivity contribution >= 4 is 10.0 Å². The lowest BCUT2D eigenvalue weighted by molar-refractivity contribution is 0.0514. The van der Waals surface area contributed by atoms with Crippen LogP contribution in [0.3, 0.4) is 0 Å². The molecule has 1 N–H and O–H groups in total. The van der Waals surface area contributed by atoms with E-state index in [1.807, 2.05) is 13.0 Å². The molecule has 1 saturated carbocycles. The summed E-state index contributed by atoms with van der Waals surface area (Å²) in [6, 6.07) is 7.03. The Kier molecular flexibility index (Phi) is 3.39. The molecule has 1 unspecified atom stereocenters. The van der Waals surface area contributed by atoms with Crippen molar-refractivity contribution in [3.8, 4) is 0 Å². The average Bonchev–Trinajstić information content (AvgIpc) is 3.18. The first kappa shape index (κ1) is 14.0. The van der Waals surface area contributed by atoms with E-state index in [1.54, 1.807) is 22.5 Å². The zero-order valence-electron chi connectivity index (χ0n) is 11.7. The average molecular weight is 295 g/mol. The lowest BCUT2D eigenvalue weighted by atomic mass is 9.92. The molecule has 2 aliphatic rings. The van der Waals surface area contributed by atoms with Crippen LogP contribution < -0.4 is 0 Å². The monoisotopic (exact) mass is 295 g/mol. The van der Waals surface area contributed by atoms with E-state index in [0.717, 1.165) is 31.2 Å². The summed E-state index contributed by atoms with van der Waals surface area (Å²) < 4.78 is 26.9. The predicted molar refractivity (Wildman–Crippen MR) is 76.8 cm³/mol. The third-order valence-corrected chi connectivity index (χ3v) is 6.39. The van der Waals surface area contributed by atoms with Crippen LogP contribution in [0.15, 0.2) is 29.2 Å². The summed E-state index contributed by atoms with van der Waals surface area (Å²) in [6.07, 6.45) is 3.39. The van der Waals surface area contributed by atoms with Crippen molar-refractivity contribution < 1.29 is 13.5 Å².